The number of aromatic nitrogens is 2. The summed E-state index contributed by atoms with van der Waals surface area (Å²) >= 11 is 0. The van der Waals surface area contributed by atoms with Crippen molar-refractivity contribution in [3.8, 4) is 6.07 Å². The lowest BCUT2D eigenvalue weighted by Gasteiger charge is -2.24. The van der Waals surface area contributed by atoms with Crippen LogP contribution in [0.3, 0.4) is 0 Å². The van der Waals surface area contributed by atoms with Crippen LogP contribution in [0.4, 0.5) is 5.82 Å². The Bertz CT molecular complexity index is 558. The average molecular weight is 262 g/mol. The molecule has 102 valence electrons. The van der Waals surface area contributed by atoms with Crippen LogP contribution in [0.15, 0.2) is 0 Å². The molecule has 0 radical (unpaired) electrons. The van der Waals surface area contributed by atoms with Crippen molar-refractivity contribution in [3.05, 3.63) is 11.3 Å². The van der Waals surface area contributed by atoms with Gasteiger partial charge in [0, 0.05) is 20.1 Å². The van der Waals surface area contributed by atoms with Crippen LogP contribution in [0.25, 0.3) is 0 Å². The summed E-state index contributed by atoms with van der Waals surface area (Å²) in [5, 5.41) is 22.9. The minimum Gasteiger partial charge on any atom is -0.481 e. The number of aryl methyl sites for hydroxylation is 2. The number of carboxylic acid groups (broad SMARTS) is 1. The zero-order valence-electron chi connectivity index (χ0n) is 11.5. The molecule has 2 heterocycles. The summed E-state index contributed by atoms with van der Waals surface area (Å²) in [5.41, 5.74) is 0.523. The summed E-state index contributed by atoms with van der Waals surface area (Å²) in [5.74, 6) is -0.0218. The first kappa shape index (κ1) is 13.4. The standard InChI is InChI=1S/C13H18N4O2/c1-4-13(12(18)19)5-6-17(8-13)11-10(7-14)9(2)15-16(11)3/h4-6,8H2,1-3H3,(H,18,19). The van der Waals surface area contributed by atoms with Gasteiger partial charge in [-0.05, 0) is 19.8 Å². The summed E-state index contributed by atoms with van der Waals surface area (Å²) < 4.78 is 1.67. The van der Waals surface area contributed by atoms with Gasteiger partial charge in [-0.15, -0.1) is 0 Å². The van der Waals surface area contributed by atoms with Crippen molar-refractivity contribution in [1.29, 1.82) is 5.26 Å². The number of hydrogen-bond acceptors (Lipinski definition) is 4. The van der Waals surface area contributed by atoms with Gasteiger partial charge in [0.2, 0.25) is 0 Å². The number of nitriles is 1. The molecule has 19 heavy (non-hydrogen) atoms. The maximum atomic E-state index is 11.5. The molecule has 0 bridgehead atoms. The number of carboxylic acids is 1. The first-order valence-electron chi connectivity index (χ1n) is 6.37. The highest BCUT2D eigenvalue weighted by molar-refractivity contribution is 5.77. The minimum absolute atomic E-state index is 0.437. The van der Waals surface area contributed by atoms with Crippen molar-refractivity contribution in [2.75, 3.05) is 18.0 Å². The van der Waals surface area contributed by atoms with Crippen molar-refractivity contribution in [2.45, 2.75) is 26.7 Å². The number of carbonyl (C=O) groups is 1. The number of hydrogen-bond donors (Lipinski definition) is 1. The second-order valence-electron chi connectivity index (χ2n) is 5.13. The molecular weight excluding hydrogens is 244 g/mol. The van der Waals surface area contributed by atoms with Crippen molar-refractivity contribution >= 4 is 11.8 Å². The number of anilines is 1. The van der Waals surface area contributed by atoms with E-state index in [2.05, 4.69) is 11.2 Å². The zero-order chi connectivity index (χ0) is 14.2. The lowest BCUT2D eigenvalue weighted by Crippen LogP contribution is -2.34. The van der Waals surface area contributed by atoms with E-state index in [-0.39, 0.29) is 0 Å². The Morgan fingerprint density at radius 2 is 2.32 bits per heavy atom. The molecule has 1 atom stereocenters. The van der Waals surface area contributed by atoms with E-state index in [9.17, 15) is 15.2 Å². The minimum atomic E-state index is -0.755. The van der Waals surface area contributed by atoms with Gasteiger partial charge in [0.15, 0.2) is 0 Å². The fraction of sp³-hybridized carbons (Fsp3) is 0.615. The monoisotopic (exact) mass is 262 g/mol. The van der Waals surface area contributed by atoms with E-state index >= 15 is 0 Å². The molecule has 1 aliphatic rings. The van der Waals surface area contributed by atoms with Gasteiger partial charge in [-0.25, -0.2) is 0 Å². The molecule has 1 fully saturated rings. The zero-order valence-corrected chi connectivity index (χ0v) is 11.5. The van der Waals surface area contributed by atoms with Gasteiger partial charge in [0.05, 0.1) is 11.1 Å². The number of nitrogens with zero attached hydrogens (tertiary/aromatic N) is 4. The van der Waals surface area contributed by atoms with Crippen LogP contribution in [0.2, 0.25) is 0 Å². The molecule has 1 aliphatic heterocycles. The molecule has 0 saturated carbocycles. The Balaban J connectivity index is 2.37. The third kappa shape index (κ3) is 1.95. The lowest BCUT2D eigenvalue weighted by molar-refractivity contribution is -0.147. The van der Waals surface area contributed by atoms with Gasteiger partial charge in [-0.2, -0.15) is 10.4 Å². The molecule has 0 aliphatic carbocycles. The van der Waals surface area contributed by atoms with E-state index in [1.54, 1.807) is 18.7 Å². The first-order chi connectivity index (χ1) is 8.95. The molecule has 1 unspecified atom stereocenters. The van der Waals surface area contributed by atoms with Crippen LogP contribution in [0.5, 0.6) is 0 Å². The van der Waals surface area contributed by atoms with Gasteiger partial charge >= 0.3 is 5.97 Å². The van der Waals surface area contributed by atoms with Crippen LogP contribution in [-0.4, -0.2) is 33.9 Å². The fourth-order valence-corrected chi connectivity index (χ4v) is 2.81. The molecular formula is C13H18N4O2. The van der Waals surface area contributed by atoms with Crippen LogP contribution in [0.1, 0.15) is 31.0 Å². The fourth-order valence-electron chi connectivity index (χ4n) is 2.81. The average Bonchev–Trinajstić information content (AvgIpc) is 2.90. The molecule has 1 aromatic rings. The molecule has 1 N–H and O–H groups in total. The van der Waals surface area contributed by atoms with Gasteiger partial charge < -0.3 is 10.0 Å². The van der Waals surface area contributed by atoms with E-state index in [1.165, 1.54) is 0 Å². The molecule has 1 saturated heterocycles. The Kier molecular flexibility index (Phi) is 3.23. The summed E-state index contributed by atoms with van der Waals surface area (Å²) in [4.78, 5) is 13.4. The van der Waals surface area contributed by atoms with Crippen molar-refractivity contribution < 1.29 is 9.90 Å². The summed E-state index contributed by atoms with van der Waals surface area (Å²) in [6.45, 7) is 4.78. The van der Waals surface area contributed by atoms with E-state index in [4.69, 9.17) is 0 Å². The van der Waals surface area contributed by atoms with Gasteiger partial charge in [-0.3, -0.25) is 9.48 Å². The van der Waals surface area contributed by atoms with E-state index in [0.29, 0.717) is 37.2 Å². The van der Waals surface area contributed by atoms with Crippen LogP contribution in [0, 0.1) is 23.7 Å². The lowest BCUT2D eigenvalue weighted by atomic mass is 9.84. The summed E-state index contributed by atoms with van der Waals surface area (Å²) in [6.07, 6.45) is 1.20. The molecule has 2 rings (SSSR count). The number of aliphatic carboxylic acids is 1. The number of rotatable bonds is 3. The molecule has 6 heteroatoms. The molecule has 0 amide bonds. The highest BCUT2D eigenvalue weighted by Crippen LogP contribution is 2.37. The molecule has 1 aromatic heterocycles. The van der Waals surface area contributed by atoms with E-state index in [0.717, 1.165) is 5.82 Å². The highest BCUT2D eigenvalue weighted by Gasteiger charge is 2.44. The van der Waals surface area contributed by atoms with Crippen LogP contribution >= 0.6 is 0 Å². The smallest absolute Gasteiger partial charge is 0.311 e. The van der Waals surface area contributed by atoms with Gasteiger partial charge in [0.1, 0.15) is 17.5 Å². The summed E-state index contributed by atoms with van der Waals surface area (Å²) in [6, 6.07) is 2.16. The van der Waals surface area contributed by atoms with Crippen LogP contribution in [-0.2, 0) is 11.8 Å². The Hall–Kier alpha value is -2.03. The SMILES string of the molecule is CCC1(C(=O)O)CCN(c2c(C#N)c(C)nn2C)C1. The third-order valence-corrected chi connectivity index (χ3v) is 4.09. The molecule has 0 aromatic carbocycles. The highest BCUT2D eigenvalue weighted by atomic mass is 16.4. The quantitative estimate of drug-likeness (QED) is 0.887. The predicted octanol–water partition coefficient (Wildman–Crippen LogP) is 1.29. The van der Waals surface area contributed by atoms with Crippen molar-refractivity contribution in [3.63, 3.8) is 0 Å². The maximum absolute atomic E-state index is 11.5. The predicted molar refractivity (Wildman–Crippen MR) is 69.8 cm³/mol. The Morgan fingerprint density at radius 3 is 2.79 bits per heavy atom. The Morgan fingerprint density at radius 1 is 1.63 bits per heavy atom. The molecule has 6 nitrogen and oxygen atoms in total. The third-order valence-electron chi connectivity index (χ3n) is 4.09. The topological polar surface area (TPSA) is 82.2 Å². The second kappa shape index (κ2) is 4.57. The Labute approximate surface area is 112 Å². The van der Waals surface area contributed by atoms with Gasteiger partial charge in [0.25, 0.3) is 0 Å². The van der Waals surface area contributed by atoms with E-state index < -0.39 is 11.4 Å². The van der Waals surface area contributed by atoms with Crippen molar-refractivity contribution in [1.82, 2.24) is 9.78 Å². The second-order valence-corrected chi connectivity index (χ2v) is 5.13. The maximum Gasteiger partial charge on any atom is 0.311 e. The van der Waals surface area contributed by atoms with Gasteiger partial charge in [-0.1, -0.05) is 6.92 Å². The van der Waals surface area contributed by atoms with E-state index in [1.807, 2.05) is 11.8 Å². The molecule has 0 spiro atoms. The largest absolute Gasteiger partial charge is 0.481 e. The summed E-state index contributed by atoms with van der Waals surface area (Å²) in [7, 11) is 1.79. The van der Waals surface area contributed by atoms with Crippen molar-refractivity contribution in [2.24, 2.45) is 12.5 Å². The first-order valence-corrected chi connectivity index (χ1v) is 6.37. The van der Waals surface area contributed by atoms with Crippen LogP contribution < -0.4 is 4.90 Å². The normalized spacial score (nSPS) is 22.5.